The van der Waals surface area contributed by atoms with Crippen molar-refractivity contribution in [1.29, 1.82) is 0 Å². The lowest BCUT2D eigenvalue weighted by molar-refractivity contribution is -0.116. The molecule has 7 aromatic rings. The van der Waals surface area contributed by atoms with Crippen LogP contribution in [0.3, 0.4) is 0 Å². The van der Waals surface area contributed by atoms with Gasteiger partial charge in [0.15, 0.2) is 5.13 Å². The Balaban J connectivity index is 1.09. The third kappa shape index (κ3) is 9.89. The number of hydrogen-bond acceptors (Lipinski definition) is 8. The quantitative estimate of drug-likeness (QED) is 0.0744. The minimum Gasteiger partial charge on any atom is -0.497 e. The SMILES string of the molecule is COc1ccc2nc(NC(=O)C(Sc3cccc(NC(=O)/C(=C/c4ccc(OCc5ccccc5)cc4)NC(=O)c4ccccc4)c3)c3ccccc3)sc2c1. The Kier molecular flexibility index (Phi) is 12.2. The molecule has 3 N–H and O–H groups in total. The molecule has 0 fully saturated rings. The van der Waals surface area contributed by atoms with E-state index < -0.39 is 17.1 Å². The van der Waals surface area contributed by atoms with Crippen LogP contribution < -0.4 is 25.4 Å². The number of thiazole rings is 1. The number of aromatic nitrogens is 1. The molecule has 0 bridgehead atoms. The first-order valence-electron chi connectivity index (χ1n) is 17.6. The maximum absolute atomic E-state index is 13.9. The molecule has 0 radical (unpaired) electrons. The van der Waals surface area contributed by atoms with E-state index in [1.807, 2.05) is 115 Å². The van der Waals surface area contributed by atoms with E-state index in [0.29, 0.717) is 40.1 Å². The van der Waals surface area contributed by atoms with Gasteiger partial charge in [0.2, 0.25) is 5.91 Å². The van der Waals surface area contributed by atoms with E-state index in [1.54, 1.807) is 55.7 Å². The Morgan fingerprint density at radius 1 is 0.750 bits per heavy atom. The Hall–Kier alpha value is -6.69. The summed E-state index contributed by atoms with van der Waals surface area (Å²) in [7, 11) is 1.61. The van der Waals surface area contributed by atoms with Gasteiger partial charge in [-0.3, -0.25) is 14.4 Å². The van der Waals surface area contributed by atoms with E-state index in [4.69, 9.17) is 9.47 Å². The Morgan fingerprint density at radius 2 is 1.45 bits per heavy atom. The number of nitrogens with zero attached hydrogens (tertiary/aromatic N) is 1. The van der Waals surface area contributed by atoms with Crippen molar-refractivity contribution < 1.29 is 23.9 Å². The number of anilines is 2. The van der Waals surface area contributed by atoms with Gasteiger partial charge in [-0.15, -0.1) is 11.8 Å². The van der Waals surface area contributed by atoms with Gasteiger partial charge in [-0.1, -0.05) is 108 Å². The highest BCUT2D eigenvalue weighted by Gasteiger charge is 2.24. The van der Waals surface area contributed by atoms with Crippen molar-refractivity contribution in [3.05, 3.63) is 186 Å². The van der Waals surface area contributed by atoms with Gasteiger partial charge in [-0.25, -0.2) is 4.98 Å². The van der Waals surface area contributed by atoms with E-state index >= 15 is 0 Å². The number of carbonyl (C=O) groups is 3. The first kappa shape index (κ1) is 37.6. The number of fused-ring (bicyclic) bond motifs is 1. The highest BCUT2D eigenvalue weighted by atomic mass is 32.2. The maximum atomic E-state index is 13.9. The smallest absolute Gasteiger partial charge is 0.272 e. The molecule has 0 aliphatic rings. The van der Waals surface area contributed by atoms with E-state index in [1.165, 1.54) is 23.1 Å². The molecule has 0 spiro atoms. The van der Waals surface area contributed by atoms with Crippen LogP contribution in [-0.2, 0) is 16.2 Å². The van der Waals surface area contributed by atoms with Gasteiger partial charge in [-0.2, -0.15) is 0 Å². The zero-order chi connectivity index (χ0) is 38.7. The number of methoxy groups -OCH3 is 1. The number of carbonyl (C=O) groups excluding carboxylic acids is 3. The third-order valence-electron chi connectivity index (χ3n) is 8.48. The number of benzene rings is 6. The van der Waals surface area contributed by atoms with Crippen molar-refractivity contribution in [2.75, 3.05) is 17.7 Å². The van der Waals surface area contributed by atoms with Crippen LogP contribution in [-0.4, -0.2) is 29.8 Å². The summed E-state index contributed by atoms with van der Waals surface area (Å²) in [5, 5.41) is 8.58. The fourth-order valence-corrected chi connectivity index (χ4v) is 7.63. The number of rotatable bonds is 14. The second-order valence-electron chi connectivity index (χ2n) is 12.5. The molecular formula is C45H36N4O5S2. The van der Waals surface area contributed by atoms with Crippen molar-refractivity contribution in [2.24, 2.45) is 0 Å². The minimum atomic E-state index is -0.635. The lowest BCUT2D eigenvalue weighted by Gasteiger charge is -2.17. The highest BCUT2D eigenvalue weighted by molar-refractivity contribution is 8.00. The molecule has 1 heterocycles. The van der Waals surface area contributed by atoms with Crippen LogP contribution in [0.2, 0.25) is 0 Å². The first-order valence-corrected chi connectivity index (χ1v) is 19.3. The topological polar surface area (TPSA) is 119 Å². The van der Waals surface area contributed by atoms with Crippen LogP contribution in [0.1, 0.15) is 32.3 Å². The molecule has 9 nitrogen and oxygen atoms in total. The number of nitrogens with one attached hydrogen (secondary N) is 3. The molecule has 56 heavy (non-hydrogen) atoms. The summed E-state index contributed by atoms with van der Waals surface area (Å²) in [4.78, 5) is 46.4. The molecule has 6 aromatic carbocycles. The fraction of sp³-hybridized carbons (Fsp3) is 0.0667. The van der Waals surface area contributed by atoms with Gasteiger partial charge in [0.25, 0.3) is 11.8 Å². The van der Waals surface area contributed by atoms with Gasteiger partial charge in [0.05, 0.1) is 17.3 Å². The molecule has 0 aliphatic carbocycles. The summed E-state index contributed by atoms with van der Waals surface area (Å²) >= 11 is 2.71. The minimum absolute atomic E-state index is 0.0462. The van der Waals surface area contributed by atoms with Crippen molar-refractivity contribution in [2.45, 2.75) is 16.8 Å². The van der Waals surface area contributed by atoms with Crippen LogP contribution in [0.25, 0.3) is 16.3 Å². The number of thioether (sulfide) groups is 1. The molecule has 11 heteroatoms. The number of ether oxygens (including phenoxy) is 2. The van der Waals surface area contributed by atoms with Crippen LogP contribution in [0.15, 0.2) is 168 Å². The molecular weight excluding hydrogens is 741 g/mol. The van der Waals surface area contributed by atoms with Gasteiger partial charge >= 0.3 is 0 Å². The van der Waals surface area contributed by atoms with E-state index in [9.17, 15) is 14.4 Å². The van der Waals surface area contributed by atoms with Gasteiger partial charge in [0, 0.05) is 16.1 Å². The first-order chi connectivity index (χ1) is 27.4. The average molecular weight is 777 g/mol. The number of hydrogen-bond donors (Lipinski definition) is 3. The predicted molar refractivity (Wildman–Crippen MR) is 224 cm³/mol. The summed E-state index contributed by atoms with van der Waals surface area (Å²) < 4.78 is 12.2. The van der Waals surface area contributed by atoms with Crippen molar-refractivity contribution >= 4 is 67.9 Å². The van der Waals surface area contributed by atoms with Crippen molar-refractivity contribution in [1.82, 2.24) is 10.3 Å². The zero-order valence-electron chi connectivity index (χ0n) is 30.2. The second-order valence-corrected chi connectivity index (χ2v) is 14.7. The van der Waals surface area contributed by atoms with E-state index in [-0.39, 0.29) is 11.6 Å². The lowest BCUT2D eigenvalue weighted by Crippen LogP contribution is -2.30. The highest BCUT2D eigenvalue weighted by Crippen LogP contribution is 2.38. The summed E-state index contributed by atoms with van der Waals surface area (Å²) in [5.41, 5.74) is 4.23. The number of amides is 3. The average Bonchev–Trinajstić information content (AvgIpc) is 3.64. The monoisotopic (exact) mass is 776 g/mol. The third-order valence-corrected chi connectivity index (χ3v) is 10.7. The molecule has 278 valence electrons. The standard InChI is InChI=1S/C45H36N4O5S2/c1-53-36-24-25-38-40(28-36)56-45(48-38)49-44(52)41(32-14-7-3-8-15-32)55-37-19-11-18-34(27-37)46-43(51)39(47-42(50)33-16-9-4-10-17-33)26-30-20-22-35(23-21-30)54-29-31-12-5-2-6-13-31/h2-28,41H,29H2,1H3,(H,46,51)(H,47,50)(H,48,49,52)/b39-26-. The summed E-state index contributed by atoms with van der Waals surface area (Å²) in [6, 6.07) is 48.1. The van der Waals surface area contributed by atoms with Gasteiger partial charge < -0.3 is 25.4 Å². The lowest BCUT2D eigenvalue weighted by atomic mass is 10.1. The Labute approximate surface area is 332 Å². The van der Waals surface area contributed by atoms with Gasteiger partial charge in [0.1, 0.15) is 29.1 Å². The normalized spacial score (nSPS) is 11.7. The van der Waals surface area contributed by atoms with Crippen LogP contribution >= 0.6 is 23.1 Å². The molecule has 3 amide bonds. The largest absolute Gasteiger partial charge is 0.497 e. The Bertz CT molecular complexity index is 2470. The molecule has 7 rings (SSSR count). The molecule has 0 aliphatic heterocycles. The van der Waals surface area contributed by atoms with Crippen LogP contribution in [0.4, 0.5) is 10.8 Å². The molecule has 1 atom stereocenters. The van der Waals surface area contributed by atoms with E-state index in [0.717, 1.165) is 26.2 Å². The van der Waals surface area contributed by atoms with Crippen molar-refractivity contribution in [3.8, 4) is 11.5 Å². The molecule has 0 saturated heterocycles. The predicted octanol–water partition coefficient (Wildman–Crippen LogP) is 9.77. The van der Waals surface area contributed by atoms with E-state index in [2.05, 4.69) is 20.9 Å². The summed E-state index contributed by atoms with van der Waals surface area (Å²) in [5.74, 6) is 0.187. The van der Waals surface area contributed by atoms with Crippen LogP contribution in [0, 0.1) is 0 Å². The molecule has 1 unspecified atom stereocenters. The second kappa shape index (κ2) is 18.1. The molecule has 0 saturated carbocycles. The van der Waals surface area contributed by atoms with Crippen molar-refractivity contribution in [3.63, 3.8) is 0 Å². The summed E-state index contributed by atoms with van der Waals surface area (Å²) in [6.07, 6.45) is 1.61. The summed E-state index contributed by atoms with van der Waals surface area (Å²) in [6.45, 7) is 0.421. The van der Waals surface area contributed by atoms with Crippen LogP contribution in [0.5, 0.6) is 11.5 Å². The maximum Gasteiger partial charge on any atom is 0.272 e. The van der Waals surface area contributed by atoms with Gasteiger partial charge in [-0.05, 0) is 83.4 Å². The zero-order valence-corrected chi connectivity index (χ0v) is 31.8. The fourth-order valence-electron chi connectivity index (χ4n) is 5.65. The molecule has 1 aromatic heterocycles. The Morgan fingerprint density at radius 3 is 2.18 bits per heavy atom.